The van der Waals surface area contributed by atoms with Gasteiger partial charge in [-0.15, -0.1) is 11.8 Å². The van der Waals surface area contributed by atoms with Crippen LogP contribution in [0.5, 0.6) is 5.75 Å². The van der Waals surface area contributed by atoms with Gasteiger partial charge < -0.3 is 14.9 Å². The number of hydrogen-bond acceptors (Lipinski definition) is 4. The summed E-state index contributed by atoms with van der Waals surface area (Å²) in [5.74, 6) is 1.26. The molecule has 0 spiro atoms. The molecule has 1 heterocycles. The largest absolute Gasteiger partial charge is 0.496 e. The lowest BCUT2D eigenvalue weighted by Crippen LogP contribution is -2.27. The van der Waals surface area contributed by atoms with Gasteiger partial charge in [-0.1, -0.05) is 49.7 Å². The van der Waals surface area contributed by atoms with Gasteiger partial charge in [0.2, 0.25) is 0 Å². The van der Waals surface area contributed by atoms with Crippen LogP contribution in [-0.4, -0.2) is 35.3 Å². The van der Waals surface area contributed by atoms with E-state index in [0.717, 1.165) is 23.3 Å². The lowest BCUT2D eigenvalue weighted by atomic mass is 9.96. The minimum atomic E-state index is -0.407. The van der Waals surface area contributed by atoms with Crippen molar-refractivity contribution in [3.8, 4) is 5.75 Å². The lowest BCUT2D eigenvalue weighted by molar-refractivity contribution is 0.136. The first-order valence-corrected chi connectivity index (χ1v) is 11.1. The third kappa shape index (κ3) is 5.04. The first-order chi connectivity index (χ1) is 13.4. The van der Waals surface area contributed by atoms with Crippen molar-refractivity contribution >= 4 is 23.4 Å². The van der Waals surface area contributed by atoms with Crippen LogP contribution < -0.4 is 4.74 Å². The summed E-state index contributed by atoms with van der Waals surface area (Å²) in [7, 11) is 1.65. The first-order valence-electron chi connectivity index (χ1n) is 9.80. The second kappa shape index (κ2) is 9.53. The van der Waals surface area contributed by atoms with Crippen molar-refractivity contribution in [1.82, 2.24) is 0 Å². The predicted octanol–water partition coefficient (Wildman–Crippen LogP) is 5.35. The molecule has 1 fully saturated rings. The Morgan fingerprint density at radius 1 is 1.18 bits per heavy atom. The Hall–Kier alpha value is -1.20. The molecule has 2 aromatic rings. The Morgan fingerprint density at radius 3 is 2.50 bits per heavy atom. The molecule has 0 aromatic heterocycles. The van der Waals surface area contributed by atoms with Gasteiger partial charge in [-0.3, -0.25) is 0 Å². The van der Waals surface area contributed by atoms with Crippen LogP contribution in [0.1, 0.15) is 60.1 Å². The van der Waals surface area contributed by atoms with Crippen LogP contribution in [0.4, 0.5) is 0 Å². The summed E-state index contributed by atoms with van der Waals surface area (Å²) < 4.78 is 5.59. The SMILES string of the molecule is COc1cc(Cl)c(Cc2ccc(C(C)C)cc2)cc1C1CC(O)CC(CO)S1. The molecule has 0 saturated carbocycles. The summed E-state index contributed by atoms with van der Waals surface area (Å²) in [6.45, 7) is 4.46. The molecule has 1 aliphatic rings. The summed E-state index contributed by atoms with van der Waals surface area (Å²) in [5, 5.41) is 20.6. The number of methoxy groups -OCH3 is 1. The third-order valence-electron chi connectivity index (χ3n) is 5.37. The molecule has 2 aromatic carbocycles. The van der Waals surface area contributed by atoms with E-state index in [1.165, 1.54) is 11.1 Å². The number of ether oxygens (including phenoxy) is 1. The zero-order chi connectivity index (χ0) is 20.3. The fourth-order valence-electron chi connectivity index (χ4n) is 3.73. The number of benzene rings is 2. The minimum Gasteiger partial charge on any atom is -0.496 e. The molecule has 0 amide bonds. The monoisotopic (exact) mass is 420 g/mol. The van der Waals surface area contributed by atoms with E-state index >= 15 is 0 Å². The number of hydrogen-bond donors (Lipinski definition) is 2. The fourth-order valence-corrected chi connectivity index (χ4v) is 5.50. The molecule has 28 heavy (non-hydrogen) atoms. The van der Waals surface area contributed by atoms with Gasteiger partial charge in [-0.05, 0) is 54.0 Å². The number of halogens is 1. The molecular weight excluding hydrogens is 392 g/mol. The zero-order valence-electron chi connectivity index (χ0n) is 16.7. The highest BCUT2D eigenvalue weighted by molar-refractivity contribution is 8.00. The van der Waals surface area contributed by atoms with Crippen molar-refractivity contribution in [3.63, 3.8) is 0 Å². The highest BCUT2D eigenvalue weighted by Crippen LogP contribution is 2.46. The van der Waals surface area contributed by atoms with Crippen LogP contribution in [-0.2, 0) is 6.42 Å². The van der Waals surface area contributed by atoms with E-state index in [-0.39, 0.29) is 17.1 Å². The Labute approximate surface area is 177 Å². The summed E-state index contributed by atoms with van der Waals surface area (Å²) in [5.41, 5.74) is 4.64. The standard InChI is InChI=1S/C23H29ClO3S/c1-14(2)16-6-4-15(5-7-16)8-17-9-20(22(27-3)12-21(17)24)23-11-18(26)10-19(13-25)28-23/h4-7,9,12,14,18-19,23,25-26H,8,10-11,13H2,1-3H3. The van der Waals surface area contributed by atoms with E-state index in [9.17, 15) is 10.2 Å². The number of aliphatic hydroxyl groups is 2. The Morgan fingerprint density at radius 2 is 1.89 bits per heavy atom. The van der Waals surface area contributed by atoms with E-state index < -0.39 is 6.10 Å². The Bertz CT molecular complexity index is 791. The Kier molecular flexibility index (Phi) is 7.32. The molecule has 0 radical (unpaired) electrons. The molecule has 1 aliphatic heterocycles. The molecule has 3 nitrogen and oxygen atoms in total. The predicted molar refractivity (Wildman–Crippen MR) is 118 cm³/mol. The molecule has 1 saturated heterocycles. The molecule has 0 aliphatic carbocycles. The van der Waals surface area contributed by atoms with Crippen LogP contribution in [0.2, 0.25) is 5.02 Å². The van der Waals surface area contributed by atoms with Crippen molar-refractivity contribution in [1.29, 1.82) is 0 Å². The second-order valence-corrected chi connectivity index (χ2v) is 9.73. The average molecular weight is 421 g/mol. The minimum absolute atomic E-state index is 0.0427. The molecule has 0 bridgehead atoms. The number of thioether (sulfide) groups is 1. The molecule has 3 unspecified atom stereocenters. The third-order valence-corrected chi connectivity index (χ3v) is 7.22. The fraction of sp³-hybridized carbons (Fsp3) is 0.478. The van der Waals surface area contributed by atoms with Crippen LogP contribution in [0.3, 0.4) is 0 Å². The van der Waals surface area contributed by atoms with Crippen LogP contribution >= 0.6 is 23.4 Å². The van der Waals surface area contributed by atoms with Crippen molar-refractivity contribution < 1.29 is 14.9 Å². The van der Waals surface area contributed by atoms with Gasteiger partial charge in [-0.25, -0.2) is 0 Å². The van der Waals surface area contributed by atoms with Crippen molar-refractivity contribution in [2.45, 2.75) is 55.6 Å². The summed E-state index contributed by atoms with van der Waals surface area (Å²) >= 11 is 8.27. The van der Waals surface area contributed by atoms with Crippen LogP contribution in [0, 0.1) is 0 Å². The van der Waals surface area contributed by atoms with Gasteiger partial charge in [0.05, 0.1) is 19.8 Å². The van der Waals surface area contributed by atoms with Gasteiger partial charge >= 0.3 is 0 Å². The van der Waals surface area contributed by atoms with Gasteiger partial charge in [0.15, 0.2) is 0 Å². The van der Waals surface area contributed by atoms with Crippen molar-refractivity contribution in [2.24, 2.45) is 0 Å². The molecule has 5 heteroatoms. The molecular formula is C23H29ClO3S. The summed E-state index contributed by atoms with van der Waals surface area (Å²) in [6.07, 6.45) is 1.62. The lowest BCUT2D eigenvalue weighted by Gasteiger charge is -2.32. The first kappa shape index (κ1) is 21.5. The molecule has 152 valence electrons. The second-order valence-electron chi connectivity index (χ2n) is 7.81. The van der Waals surface area contributed by atoms with Gasteiger partial charge in [0, 0.05) is 21.1 Å². The van der Waals surface area contributed by atoms with Gasteiger partial charge in [0.25, 0.3) is 0 Å². The van der Waals surface area contributed by atoms with Crippen LogP contribution in [0.25, 0.3) is 0 Å². The van der Waals surface area contributed by atoms with E-state index in [1.807, 2.05) is 6.07 Å². The molecule has 2 N–H and O–H groups in total. The number of rotatable bonds is 6. The molecule has 3 rings (SSSR count). The topological polar surface area (TPSA) is 49.7 Å². The smallest absolute Gasteiger partial charge is 0.124 e. The van der Waals surface area contributed by atoms with E-state index in [2.05, 4.69) is 44.2 Å². The van der Waals surface area contributed by atoms with Crippen molar-refractivity contribution in [2.75, 3.05) is 13.7 Å². The molecule has 3 atom stereocenters. The van der Waals surface area contributed by atoms with E-state index in [4.69, 9.17) is 16.3 Å². The average Bonchev–Trinajstić information content (AvgIpc) is 2.69. The highest BCUT2D eigenvalue weighted by Gasteiger charge is 2.31. The van der Waals surface area contributed by atoms with Crippen LogP contribution in [0.15, 0.2) is 36.4 Å². The maximum absolute atomic E-state index is 10.2. The normalized spacial score (nSPS) is 22.5. The maximum Gasteiger partial charge on any atom is 0.124 e. The summed E-state index contributed by atoms with van der Waals surface area (Å²) in [6, 6.07) is 12.7. The van der Waals surface area contributed by atoms with E-state index in [1.54, 1.807) is 18.9 Å². The van der Waals surface area contributed by atoms with Gasteiger partial charge in [0.1, 0.15) is 5.75 Å². The Balaban J connectivity index is 1.89. The van der Waals surface area contributed by atoms with Crippen molar-refractivity contribution in [3.05, 3.63) is 63.7 Å². The number of aliphatic hydroxyl groups excluding tert-OH is 2. The highest BCUT2D eigenvalue weighted by atomic mass is 35.5. The quantitative estimate of drug-likeness (QED) is 0.661. The van der Waals surface area contributed by atoms with Gasteiger partial charge in [-0.2, -0.15) is 0 Å². The zero-order valence-corrected chi connectivity index (χ0v) is 18.3. The summed E-state index contributed by atoms with van der Waals surface area (Å²) in [4.78, 5) is 0. The maximum atomic E-state index is 10.2. The van der Waals surface area contributed by atoms with E-state index in [0.29, 0.717) is 23.8 Å².